The van der Waals surface area contributed by atoms with Crippen LogP contribution in [0.4, 0.5) is 4.39 Å². The molecule has 0 aliphatic heterocycles. The summed E-state index contributed by atoms with van der Waals surface area (Å²) in [6, 6.07) is 15.5. The first-order valence-corrected chi connectivity index (χ1v) is 7.36. The number of benzene rings is 3. The molecule has 4 rings (SSSR count). The first-order valence-electron chi connectivity index (χ1n) is 6.98. The highest BCUT2D eigenvalue weighted by Gasteiger charge is 2.17. The van der Waals surface area contributed by atoms with Gasteiger partial charge in [0.25, 0.3) is 0 Å². The summed E-state index contributed by atoms with van der Waals surface area (Å²) in [6.07, 6.45) is 0. The summed E-state index contributed by atoms with van der Waals surface area (Å²) in [5, 5.41) is 12.4. The van der Waals surface area contributed by atoms with Gasteiger partial charge in [-0.15, -0.1) is 0 Å². The molecule has 0 unspecified atom stereocenters. The number of aromatic nitrogens is 2. The van der Waals surface area contributed by atoms with Gasteiger partial charge in [-0.1, -0.05) is 36.4 Å². The molecule has 3 nitrogen and oxygen atoms in total. The molecular formula is C18H10ClFN2O. The van der Waals surface area contributed by atoms with Gasteiger partial charge in [0.05, 0.1) is 16.6 Å². The standard InChI is InChI=1S/C18H10ClFN2O/c19-18-21-14-7-3-6-13(20)15(14)16(22-18)12-9-8-10-4-1-2-5-11(10)17(12)23/h1-9,23H. The number of hydrogen-bond acceptors (Lipinski definition) is 3. The minimum Gasteiger partial charge on any atom is -0.507 e. The maximum atomic E-state index is 14.3. The molecular weight excluding hydrogens is 315 g/mol. The van der Waals surface area contributed by atoms with Crippen LogP contribution in [0.25, 0.3) is 32.9 Å². The predicted octanol–water partition coefficient (Wildman–Crippen LogP) is 4.95. The monoisotopic (exact) mass is 324 g/mol. The quantitative estimate of drug-likeness (QED) is 0.504. The maximum Gasteiger partial charge on any atom is 0.223 e. The van der Waals surface area contributed by atoms with Crippen molar-refractivity contribution >= 4 is 33.3 Å². The molecule has 0 aliphatic rings. The molecule has 3 aromatic carbocycles. The molecule has 0 aliphatic carbocycles. The number of fused-ring (bicyclic) bond motifs is 2. The Morgan fingerprint density at radius 3 is 2.61 bits per heavy atom. The molecule has 1 aromatic heterocycles. The second-order valence-electron chi connectivity index (χ2n) is 5.16. The van der Waals surface area contributed by atoms with Crippen molar-refractivity contribution in [3.63, 3.8) is 0 Å². The Bertz CT molecular complexity index is 1070. The Labute approximate surface area is 136 Å². The lowest BCUT2D eigenvalue weighted by molar-refractivity contribution is 0.483. The average molecular weight is 325 g/mol. The highest BCUT2D eigenvalue weighted by molar-refractivity contribution is 6.29. The number of nitrogens with zero attached hydrogens (tertiary/aromatic N) is 2. The highest BCUT2D eigenvalue weighted by Crippen LogP contribution is 2.38. The fourth-order valence-electron chi connectivity index (χ4n) is 2.75. The molecule has 0 amide bonds. The summed E-state index contributed by atoms with van der Waals surface area (Å²) >= 11 is 5.97. The molecule has 23 heavy (non-hydrogen) atoms. The smallest absolute Gasteiger partial charge is 0.223 e. The van der Waals surface area contributed by atoms with E-state index in [1.165, 1.54) is 6.07 Å². The van der Waals surface area contributed by atoms with E-state index in [1.807, 2.05) is 24.3 Å². The molecule has 0 fully saturated rings. The Balaban J connectivity index is 2.12. The molecule has 0 bridgehead atoms. The average Bonchev–Trinajstić information content (AvgIpc) is 2.55. The van der Waals surface area contributed by atoms with Crippen LogP contribution in [0, 0.1) is 5.82 Å². The molecule has 5 heteroatoms. The molecule has 0 atom stereocenters. The second kappa shape index (κ2) is 5.18. The van der Waals surface area contributed by atoms with E-state index in [0.717, 1.165) is 5.39 Å². The van der Waals surface area contributed by atoms with Crippen LogP contribution in [-0.4, -0.2) is 15.1 Å². The molecule has 0 saturated carbocycles. The molecule has 112 valence electrons. The summed E-state index contributed by atoms with van der Waals surface area (Å²) < 4.78 is 14.3. The Morgan fingerprint density at radius 1 is 0.913 bits per heavy atom. The van der Waals surface area contributed by atoms with Gasteiger partial charge in [0.2, 0.25) is 5.28 Å². The van der Waals surface area contributed by atoms with Crippen molar-refractivity contribution in [3.05, 3.63) is 65.7 Å². The third-order valence-electron chi connectivity index (χ3n) is 3.80. The van der Waals surface area contributed by atoms with E-state index in [0.29, 0.717) is 16.5 Å². The van der Waals surface area contributed by atoms with E-state index in [4.69, 9.17) is 11.6 Å². The molecule has 1 heterocycles. The Hall–Kier alpha value is -2.72. The minimum absolute atomic E-state index is 0.00524. The highest BCUT2D eigenvalue weighted by atomic mass is 35.5. The van der Waals surface area contributed by atoms with Gasteiger partial charge in [0.1, 0.15) is 11.6 Å². The zero-order valence-corrected chi connectivity index (χ0v) is 12.5. The van der Waals surface area contributed by atoms with Crippen LogP contribution in [-0.2, 0) is 0 Å². The van der Waals surface area contributed by atoms with E-state index < -0.39 is 5.82 Å². The van der Waals surface area contributed by atoms with Gasteiger partial charge >= 0.3 is 0 Å². The van der Waals surface area contributed by atoms with Crippen molar-refractivity contribution in [2.75, 3.05) is 0 Å². The van der Waals surface area contributed by atoms with Crippen LogP contribution in [0.3, 0.4) is 0 Å². The third-order valence-corrected chi connectivity index (χ3v) is 3.97. The van der Waals surface area contributed by atoms with E-state index in [2.05, 4.69) is 9.97 Å². The van der Waals surface area contributed by atoms with Crippen molar-refractivity contribution in [1.29, 1.82) is 0 Å². The number of halogens is 2. The van der Waals surface area contributed by atoms with Crippen molar-refractivity contribution < 1.29 is 9.50 Å². The van der Waals surface area contributed by atoms with Crippen LogP contribution in [0.2, 0.25) is 5.28 Å². The first-order chi connectivity index (χ1) is 11.1. The normalized spacial score (nSPS) is 11.2. The minimum atomic E-state index is -0.457. The molecule has 4 aromatic rings. The van der Waals surface area contributed by atoms with Gasteiger partial charge in [0.15, 0.2) is 0 Å². The summed E-state index contributed by atoms with van der Waals surface area (Å²) in [5.41, 5.74) is 1.09. The van der Waals surface area contributed by atoms with E-state index in [9.17, 15) is 9.50 Å². The van der Waals surface area contributed by atoms with Gasteiger partial charge < -0.3 is 5.11 Å². The van der Waals surface area contributed by atoms with Crippen LogP contribution in [0.15, 0.2) is 54.6 Å². The van der Waals surface area contributed by atoms with Crippen molar-refractivity contribution in [1.82, 2.24) is 9.97 Å². The van der Waals surface area contributed by atoms with Crippen molar-refractivity contribution in [3.8, 4) is 17.0 Å². The summed E-state index contributed by atoms with van der Waals surface area (Å²) in [7, 11) is 0. The van der Waals surface area contributed by atoms with Crippen LogP contribution >= 0.6 is 11.6 Å². The molecule has 1 N–H and O–H groups in total. The van der Waals surface area contributed by atoms with E-state index in [-0.39, 0.29) is 22.1 Å². The summed E-state index contributed by atoms with van der Waals surface area (Å²) in [5.74, 6) is -0.413. The number of aromatic hydroxyl groups is 1. The summed E-state index contributed by atoms with van der Waals surface area (Å²) in [6.45, 7) is 0. The van der Waals surface area contributed by atoms with Gasteiger partial charge in [-0.2, -0.15) is 0 Å². The van der Waals surface area contributed by atoms with E-state index >= 15 is 0 Å². The summed E-state index contributed by atoms with van der Waals surface area (Å²) in [4.78, 5) is 8.20. The topological polar surface area (TPSA) is 46.0 Å². The van der Waals surface area contributed by atoms with Crippen molar-refractivity contribution in [2.24, 2.45) is 0 Å². The Kier molecular flexibility index (Phi) is 3.13. The molecule has 0 radical (unpaired) electrons. The van der Waals surface area contributed by atoms with Crippen molar-refractivity contribution in [2.45, 2.75) is 0 Å². The van der Waals surface area contributed by atoms with Crippen LogP contribution in [0.1, 0.15) is 0 Å². The fraction of sp³-hybridized carbons (Fsp3) is 0. The second-order valence-corrected chi connectivity index (χ2v) is 5.50. The zero-order valence-electron chi connectivity index (χ0n) is 11.8. The lowest BCUT2D eigenvalue weighted by Crippen LogP contribution is -1.94. The number of hydrogen-bond donors (Lipinski definition) is 1. The first kappa shape index (κ1) is 13.9. The third kappa shape index (κ3) is 2.19. The predicted molar refractivity (Wildman–Crippen MR) is 89.1 cm³/mol. The lowest BCUT2D eigenvalue weighted by atomic mass is 10.0. The van der Waals surface area contributed by atoms with Gasteiger partial charge in [-0.25, -0.2) is 14.4 Å². The van der Waals surface area contributed by atoms with Gasteiger partial charge in [0, 0.05) is 10.9 Å². The fourth-order valence-corrected chi connectivity index (χ4v) is 2.93. The molecule has 0 spiro atoms. The zero-order chi connectivity index (χ0) is 16.0. The van der Waals surface area contributed by atoms with Crippen LogP contribution in [0.5, 0.6) is 5.75 Å². The largest absolute Gasteiger partial charge is 0.507 e. The number of phenolic OH excluding ortho intramolecular Hbond substituents is 1. The van der Waals surface area contributed by atoms with Gasteiger partial charge in [-0.05, 0) is 35.2 Å². The maximum absolute atomic E-state index is 14.3. The SMILES string of the molecule is Oc1c(-c2nc(Cl)nc3cccc(F)c23)ccc2ccccc12. The number of rotatable bonds is 1. The Morgan fingerprint density at radius 2 is 1.74 bits per heavy atom. The van der Waals surface area contributed by atoms with Gasteiger partial charge in [-0.3, -0.25) is 0 Å². The lowest BCUT2D eigenvalue weighted by Gasteiger charge is -2.11. The number of phenols is 1. The molecule has 0 saturated heterocycles. The van der Waals surface area contributed by atoms with Crippen LogP contribution < -0.4 is 0 Å². The van der Waals surface area contributed by atoms with E-state index in [1.54, 1.807) is 24.3 Å².